The fraction of sp³-hybridized carbons (Fsp3) is 0.889. The van der Waals surface area contributed by atoms with E-state index in [1.807, 2.05) is 0 Å². The van der Waals surface area contributed by atoms with Crippen LogP contribution in [0.25, 0.3) is 0 Å². The van der Waals surface area contributed by atoms with E-state index in [0.717, 1.165) is 51.4 Å². The van der Waals surface area contributed by atoms with Gasteiger partial charge in [0, 0.05) is 19.4 Å². The molecule has 0 fully saturated rings. The Morgan fingerprint density at radius 1 is 0.652 bits per heavy atom. The standard InChI is InChI=1S/C36H70NO8P/c1-4-6-8-10-12-14-16-17-19-20-22-24-26-28-35(38)42-32-34(33-44-46(40,41)43-31-30-37-3)45-36(39)29-27-25-23-21-18-15-13-11-9-7-5-2/h14,16,34,37H,4-13,15,17-33H2,1-3H3,(H,40,41)/b16-14-. The normalized spacial score (nSPS) is 13.6. The summed E-state index contributed by atoms with van der Waals surface area (Å²) in [4.78, 5) is 34.8. The Hall–Kier alpha value is -1.25. The van der Waals surface area contributed by atoms with Gasteiger partial charge in [0.1, 0.15) is 6.61 Å². The van der Waals surface area contributed by atoms with Crippen molar-refractivity contribution in [1.29, 1.82) is 0 Å². The molecular formula is C36H70NO8P. The first-order valence-electron chi connectivity index (χ1n) is 18.6. The SMILES string of the molecule is CCCCCC/C=C\CCCCCCCC(=O)OCC(COP(=O)(O)OCCNC)OC(=O)CCCCCCCCCCCCC. The number of allylic oxidation sites excluding steroid dienone is 2. The third-order valence-electron chi connectivity index (χ3n) is 7.89. The minimum Gasteiger partial charge on any atom is -0.462 e. The van der Waals surface area contributed by atoms with Gasteiger partial charge in [0.25, 0.3) is 0 Å². The van der Waals surface area contributed by atoms with Crippen LogP contribution < -0.4 is 5.32 Å². The lowest BCUT2D eigenvalue weighted by Crippen LogP contribution is -2.29. The van der Waals surface area contributed by atoms with E-state index in [9.17, 15) is 19.0 Å². The number of carbonyl (C=O) groups is 2. The van der Waals surface area contributed by atoms with E-state index >= 15 is 0 Å². The number of ether oxygens (including phenoxy) is 2. The van der Waals surface area contributed by atoms with Crippen LogP contribution in [0.1, 0.15) is 168 Å². The van der Waals surface area contributed by atoms with E-state index in [1.54, 1.807) is 7.05 Å². The molecule has 0 saturated heterocycles. The zero-order chi connectivity index (χ0) is 34.0. The van der Waals surface area contributed by atoms with Crippen molar-refractivity contribution in [3.8, 4) is 0 Å². The summed E-state index contributed by atoms with van der Waals surface area (Å²) in [6.45, 7) is 4.18. The van der Waals surface area contributed by atoms with Gasteiger partial charge in [0.2, 0.25) is 0 Å². The minimum atomic E-state index is -4.33. The van der Waals surface area contributed by atoms with E-state index in [4.69, 9.17) is 18.5 Å². The summed E-state index contributed by atoms with van der Waals surface area (Å²) in [6, 6.07) is 0. The van der Waals surface area contributed by atoms with E-state index < -0.39 is 26.5 Å². The van der Waals surface area contributed by atoms with Crippen molar-refractivity contribution in [2.24, 2.45) is 0 Å². The molecule has 0 radical (unpaired) electrons. The second kappa shape index (κ2) is 33.6. The maximum Gasteiger partial charge on any atom is 0.472 e. The highest BCUT2D eigenvalue weighted by Gasteiger charge is 2.26. The first kappa shape index (κ1) is 44.8. The van der Waals surface area contributed by atoms with E-state index in [-0.39, 0.29) is 32.0 Å². The largest absolute Gasteiger partial charge is 0.472 e. The highest BCUT2D eigenvalue weighted by Crippen LogP contribution is 2.43. The molecule has 272 valence electrons. The van der Waals surface area contributed by atoms with Crippen molar-refractivity contribution in [3.05, 3.63) is 12.2 Å². The lowest BCUT2D eigenvalue weighted by Gasteiger charge is -2.20. The fourth-order valence-corrected chi connectivity index (χ4v) is 5.77. The molecule has 10 heteroatoms. The molecule has 0 aliphatic rings. The van der Waals surface area contributed by atoms with Crippen molar-refractivity contribution in [2.75, 3.05) is 33.4 Å². The van der Waals surface area contributed by atoms with E-state index in [1.165, 1.54) is 83.5 Å². The summed E-state index contributed by atoms with van der Waals surface area (Å²) >= 11 is 0. The molecular weight excluding hydrogens is 605 g/mol. The number of likely N-dealkylation sites (N-methyl/N-ethyl adjacent to an activating group) is 1. The Labute approximate surface area is 281 Å². The van der Waals surface area contributed by atoms with Crippen LogP contribution in [0.2, 0.25) is 0 Å². The number of carbonyl (C=O) groups excluding carboxylic acids is 2. The van der Waals surface area contributed by atoms with Gasteiger partial charge in [-0.1, -0.05) is 129 Å². The summed E-state index contributed by atoms with van der Waals surface area (Å²) < 4.78 is 33.0. The smallest absolute Gasteiger partial charge is 0.462 e. The molecule has 0 saturated carbocycles. The molecule has 0 rings (SSSR count). The van der Waals surface area contributed by atoms with Gasteiger partial charge >= 0.3 is 19.8 Å². The Balaban J connectivity index is 4.31. The highest BCUT2D eigenvalue weighted by atomic mass is 31.2. The van der Waals surface area contributed by atoms with Crippen molar-refractivity contribution in [1.82, 2.24) is 5.32 Å². The van der Waals surface area contributed by atoms with Gasteiger partial charge in [-0.3, -0.25) is 18.6 Å². The van der Waals surface area contributed by atoms with Crippen LogP contribution in [-0.4, -0.2) is 56.3 Å². The number of hydrogen-bond acceptors (Lipinski definition) is 8. The zero-order valence-corrected chi connectivity index (χ0v) is 30.7. The van der Waals surface area contributed by atoms with Crippen LogP contribution in [0.4, 0.5) is 0 Å². The molecule has 0 bridgehead atoms. The second-order valence-electron chi connectivity index (χ2n) is 12.4. The number of phosphoric ester groups is 1. The van der Waals surface area contributed by atoms with E-state index in [0.29, 0.717) is 13.0 Å². The number of unbranched alkanes of at least 4 members (excludes halogenated alkanes) is 19. The third kappa shape index (κ3) is 32.7. The van der Waals surface area contributed by atoms with Crippen molar-refractivity contribution in [3.63, 3.8) is 0 Å². The second-order valence-corrected chi connectivity index (χ2v) is 13.9. The van der Waals surface area contributed by atoms with Gasteiger partial charge in [-0.2, -0.15) is 0 Å². The number of phosphoric acid groups is 1. The molecule has 0 aliphatic heterocycles. The average molecular weight is 676 g/mol. The molecule has 2 N–H and O–H groups in total. The van der Waals surface area contributed by atoms with Gasteiger partial charge in [0.15, 0.2) is 6.10 Å². The average Bonchev–Trinajstić information content (AvgIpc) is 3.03. The van der Waals surface area contributed by atoms with Gasteiger partial charge in [0.05, 0.1) is 13.2 Å². The Bertz CT molecular complexity index is 779. The number of esters is 2. The summed E-state index contributed by atoms with van der Waals surface area (Å²) in [7, 11) is -2.64. The van der Waals surface area contributed by atoms with Gasteiger partial charge in [-0.15, -0.1) is 0 Å². The molecule has 9 nitrogen and oxygen atoms in total. The molecule has 0 amide bonds. The van der Waals surface area contributed by atoms with Crippen molar-refractivity contribution >= 4 is 19.8 Å². The zero-order valence-electron chi connectivity index (χ0n) is 29.8. The molecule has 0 aromatic carbocycles. The number of nitrogens with one attached hydrogen (secondary N) is 1. The fourth-order valence-electron chi connectivity index (χ4n) is 5.02. The summed E-state index contributed by atoms with van der Waals surface area (Å²) in [5, 5.41) is 2.81. The lowest BCUT2D eigenvalue weighted by molar-refractivity contribution is -0.161. The first-order chi connectivity index (χ1) is 22.3. The predicted octanol–water partition coefficient (Wildman–Crippen LogP) is 9.75. The van der Waals surface area contributed by atoms with Crippen molar-refractivity contribution in [2.45, 2.75) is 174 Å². The maximum absolute atomic E-state index is 12.5. The van der Waals surface area contributed by atoms with Crippen LogP contribution in [-0.2, 0) is 32.7 Å². The first-order valence-corrected chi connectivity index (χ1v) is 20.1. The Morgan fingerprint density at radius 3 is 1.63 bits per heavy atom. The predicted molar refractivity (Wildman–Crippen MR) is 188 cm³/mol. The topological polar surface area (TPSA) is 120 Å². The molecule has 0 spiro atoms. The third-order valence-corrected chi connectivity index (χ3v) is 8.87. The number of rotatable bonds is 35. The molecule has 2 unspecified atom stereocenters. The summed E-state index contributed by atoms with van der Waals surface area (Å²) in [6.07, 6.45) is 29.7. The quantitative estimate of drug-likeness (QED) is 0.0293. The Morgan fingerprint density at radius 2 is 1.11 bits per heavy atom. The monoisotopic (exact) mass is 675 g/mol. The minimum absolute atomic E-state index is 0.0155. The maximum atomic E-state index is 12.5. The van der Waals surface area contributed by atoms with Crippen LogP contribution >= 0.6 is 7.82 Å². The summed E-state index contributed by atoms with van der Waals surface area (Å²) in [5.41, 5.74) is 0. The van der Waals surface area contributed by atoms with Crippen LogP contribution in [0.15, 0.2) is 12.2 Å². The molecule has 2 atom stereocenters. The Kier molecular flexibility index (Phi) is 32.7. The van der Waals surface area contributed by atoms with Crippen molar-refractivity contribution < 1.29 is 37.6 Å². The van der Waals surface area contributed by atoms with Gasteiger partial charge in [-0.25, -0.2) is 4.57 Å². The van der Waals surface area contributed by atoms with Crippen LogP contribution in [0.3, 0.4) is 0 Å². The van der Waals surface area contributed by atoms with Crippen LogP contribution in [0, 0.1) is 0 Å². The summed E-state index contributed by atoms with van der Waals surface area (Å²) in [5.74, 6) is -0.814. The van der Waals surface area contributed by atoms with Gasteiger partial charge < -0.3 is 19.7 Å². The lowest BCUT2D eigenvalue weighted by atomic mass is 10.1. The van der Waals surface area contributed by atoms with Crippen LogP contribution in [0.5, 0.6) is 0 Å². The van der Waals surface area contributed by atoms with E-state index in [2.05, 4.69) is 31.3 Å². The molecule has 0 heterocycles. The van der Waals surface area contributed by atoms with Gasteiger partial charge in [-0.05, 0) is 45.6 Å². The highest BCUT2D eigenvalue weighted by molar-refractivity contribution is 7.47. The number of hydrogen-bond donors (Lipinski definition) is 2. The molecule has 46 heavy (non-hydrogen) atoms. The molecule has 0 aromatic rings. The molecule has 0 aromatic heterocycles. The molecule has 0 aliphatic carbocycles.